The molecule has 30 heavy (non-hydrogen) atoms. The fourth-order valence-electron chi connectivity index (χ4n) is 4.54. The Hall–Kier alpha value is -2.91. The predicted molar refractivity (Wildman–Crippen MR) is 104 cm³/mol. The molecule has 1 N–H and O–H groups in total. The van der Waals surface area contributed by atoms with Crippen LogP contribution < -0.4 is 10.1 Å². The molecule has 10 nitrogen and oxygen atoms in total. The lowest BCUT2D eigenvalue weighted by Gasteiger charge is -2.27. The first-order chi connectivity index (χ1) is 14.6. The van der Waals surface area contributed by atoms with Crippen LogP contribution >= 0.6 is 0 Å². The van der Waals surface area contributed by atoms with Crippen LogP contribution in [0.25, 0.3) is 0 Å². The fourth-order valence-corrected chi connectivity index (χ4v) is 4.54. The highest BCUT2D eigenvalue weighted by Gasteiger charge is 2.42. The lowest BCUT2D eigenvalue weighted by Crippen LogP contribution is -2.32. The Morgan fingerprint density at radius 2 is 2.10 bits per heavy atom. The quantitative estimate of drug-likeness (QED) is 0.784. The Labute approximate surface area is 173 Å². The molecule has 160 valence electrons. The van der Waals surface area contributed by atoms with Gasteiger partial charge in [0.1, 0.15) is 5.82 Å². The van der Waals surface area contributed by atoms with Crippen LogP contribution in [0, 0.1) is 11.3 Å². The predicted octanol–water partition coefficient (Wildman–Crippen LogP) is 1.28. The molecule has 2 amide bonds. The van der Waals surface area contributed by atoms with Crippen LogP contribution in [0.5, 0.6) is 5.88 Å². The van der Waals surface area contributed by atoms with Crippen molar-refractivity contribution in [2.45, 2.75) is 45.1 Å². The highest BCUT2D eigenvalue weighted by molar-refractivity contribution is 5.92. The molecule has 2 aromatic rings. The van der Waals surface area contributed by atoms with Crippen molar-refractivity contribution in [1.29, 1.82) is 0 Å². The van der Waals surface area contributed by atoms with Crippen LogP contribution in [-0.4, -0.2) is 63.4 Å². The number of nitrogens with zero attached hydrogens (tertiary/aromatic N) is 5. The summed E-state index contributed by atoms with van der Waals surface area (Å²) in [5.74, 6) is 2.08. The van der Waals surface area contributed by atoms with Crippen molar-refractivity contribution in [3.05, 3.63) is 23.5 Å². The summed E-state index contributed by atoms with van der Waals surface area (Å²) in [4.78, 5) is 27.2. The van der Waals surface area contributed by atoms with Crippen LogP contribution in [-0.2, 0) is 13.0 Å². The third-order valence-corrected chi connectivity index (χ3v) is 6.66. The van der Waals surface area contributed by atoms with Gasteiger partial charge >= 0.3 is 0 Å². The summed E-state index contributed by atoms with van der Waals surface area (Å²) >= 11 is 0. The van der Waals surface area contributed by atoms with Gasteiger partial charge in [-0.1, -0.05) is 0 Å². The SMILES string of the molecule is COc1cc(C(=O)N2CCC3(CCc4nnc(C(=O)NCC5CC5)n4CC3)C2)on1. The molecule has 1 unspecified atom stereocenters. The number of carbonyl (C=O) groups is 2. The lowest BCUT2D eigenvalue weighted by atomic mass is 9.80. The molecule has 0 radical (unpaired) electrons. The van der Waals surface area contributed by atoms with Crippen LogP contribution in [0.3, 0.4) is 0 Å². The number of hydrogen-bond donors (Lipinski definition) is 1. The first-order valence-electron chi connectivity index (χ1n) is 10.6. The number of nitrogens with one attached hydrogen (secondary N) is 1. The largest absolute Gasteiger partial charge is 0.479 e. The van der Waals surface area contributed by atoms with E-state index in [0.29, 0.717) is 43.8 Å². The fraction of sp³-hybridized carbons (Fsp3) is 0.650. The number of carbonyl (C=O) groups excluding carboxylic acids is 2. The molecule has 0 aromatic carbocycles. The molecule has 2 aromatic heterocycles. The van der Waals surface area contributed by atoms with Gasteiger partial charge in [0.2, 0.25) is 11.6 Å². The Bertz CT molecular complexity index is 964. The number of likely N-dealkylation sites (tertiary alicyclic amines) is 1. The van der Waals surface area contributed by atoms with Crippen molar-refractivity contribution < 1.29 is 18.8 Å². The second kappa shape index (κ2) is 7.41. The monoisotopic (exact) mass is 414 g/mol. The van der Waals surface area contributed by atoms with E-state index in [1.165, 1.54) is 26.0 Å². The van der Waals surface area contributed by atoms with E-state index in [1.54, 1.807) is 0 Å². The van der Waals surface area contributed by atoms with Crippen molar-refractivity contribution in [2.24, 2.45) is 11.3 Å². The molecular formula is C20H26N6O4. The van der Waals surface area contributed by atoms with E-state index in [9.17, 15) is 9.59 Å². The number of fused-ring (bicyclic) bond motifs is 1. The summed E-state index contributed by atoms with van der Waals surface area (Å²) in [6.07, 6.45) is 5.85. The number of methoxy groups -OCH3 is 1. The van der Waals surface area contributed by atoms with Gasteiger partial charge in [0.25, 0.3) is 17.7 Å². The number of hydrogen-bond acceptors (Lipinski definition) is 7. The highest BCUT2D eigenvalue weighted by atomic mass is 16.5. The Morgan fingerprint density at radius 3 is 2.87 bits per heavy atom. The lowest BCUT2D eigenvalue weighted by molar-refractivity contribution is 0.0725. The van der Waals surface area contributed by atoms with E-state index < -0.39 is 0 Å². The second-order valence-corrected chi connectivity index (χ2v) is 8.71. The van der Waals surface area contributed by atoms with E-state index >= 15 is 0 Å². The summed E-state index contributed by atoms with van der Waals surface area (Å²) in [5.41, 5.74) is 0.0161. The minimum Gasteiger partial charge on any atom is -0.479 e. The van der Waals surface area contributed by atoms with Gasteiger partial charge in [0.05, 0.1) is 13.2 Å². The van der Waals surface area contributed by atoms with E-state index in [0.717, 1.165) is 31.5 Å². The minimum atomic E-state index is -0.161. The zero-order chi connectivity index (χ0) is 20.7. The Kier molecular flexibility index (Phi) is 4.71. The van der Waals surface area contributed by atoms with Crippen molar-refractivity contribution in [3.8, 4) is 5.88 Å². The molecule has 2 fully saturated rings. The smallest absolute Gasteiger partial charge is 0.292 e. The van der Waals surface area contributed by atoms with Crippen LogP contribution in [0.15, 0.2) is 10.6 Å². The maximum atomic E-state index is 12.8. The Morgan fingerprint density at radius 1 is 1.27 bits per heavy atom. The molecule has 2 aliphatic heterocycles. The molecule has 1 atom stereocenters. The molecule has 4 heterocycles. The van der Waals surface area contributed by atoms with Crippen molar-refractivity contribution >= 4 is 11.8 Å². The molecule has 0 bridgehead atoms. The van der Waals surface area contributed by atoms with Gasteiger partial charge in [0.15, 0.2) is 0 Å². The van der Waals surface area contributed by atoms with Crippen molar-refractivity contribution in [3.63, 3.8) is 0 Å². The second-order valence-electron chi connectivity index (χ2n) is 8.71. The number of aromatic nitrogens is 4. The summed E-state index contributed by atoms with van der Waals surface area (Å²) in [6, 6.07) is 1.52. The van der Waals surface area contributed by atoms with Gasteiger partial charge in [0, 0.05) is 32.6 Å². The average molecular weight is 414 g/mol. The van der Waals surface area contributed by atoms with E-state index in [1.807, 2.05) is 9.47 Å². The van der Waals surface area contributed by atoms with E-state index in [-0.39, 0.29) is 23.0 Å². The van der Waals surface area contributed by atoms with Crippen molar-refractivity contribution in [1.82, 2.24) is 30.1 Å². The number of amides is 2. The maximum absolute atomic E-state index is 12.8. The molecule has 1 saturated carbocycles. The summed E-state index contributed by atoms with van der Waals surface area (Å²) in [6.45, 7) is 2.74. The van der Waals surface area contributed by atoms with Gasteiger partial charge in [-0.2, -0.15) is 0 Å². The number of ether oxygens (including phenoxy) is 1. The zero-order valence-corrected chi connectivity index (χ0v) is 17.1. The van der Waals surface area contributed by atoms with Gasteiger partial charge in [-0.25, -0.2) is 0 Å². The van der Waals surface area contributed by atoms with Crippen LogP contribution in [0.2, 0.25) is 0 Å². The molecule has 1 spiro atoms. The molecule has 5 rings (SSSR count). The maximum Gasteiger partial charge on any atom is 0.292 e. The average Bonchev–Trinajstić information content (AvgIpc) is 3.16. The first kappa shape index (κ1) is 19.1. The standard InChI is InChI=1S/C20H26N6O4/c1-29-16-10-14(30-24-16)19(28)25-8-6-20(12-25)5-4-15-22-23-17(26(15)9-7-20)18(27)21-11-13-2-3-13/h10,13H,2-9,11-12H2,1H3,(H,21,27). The summed E-state index contributed by atoms with van der Waals surface area (Å²) in [7, 11) is 1.49. The molecule has 10 heteroatoms. The molecule has 1 aliphatic carbocycles. The minimum absolute atomic E-state index is 0.0161. The van der Waals surface area contributed by atoms with Gasteiger partial charge in [-0.15, -0.1) is 10.2 Å². The third kappa shape index (κ3) is 3.54. The van der Waals surface area contributed by atoms with E-state index in [4.69, 9.17) is 9.26 Å². The summed E-state index contributed by atoms with van der Waals surface area (Å²) < 4.78 is 12.1. The third-order valence-electron chi connectivity index (χ3n) is 6.66. The number of aryl methyl sites for hydroxylation is 1. The van der Waals surface area contributed by atoms with Gasteiger partial charge in [-0.3, -0.25) is 9.59 Å². The van der Waals surface area contributed by atoms with Crippen molar-refractivity contribution in [2.75, 3.05) is 26.7 Å². The summed E-state index contributed by atoms with van der Waals surface area (Å²) in [5, 5.41) is 15.1. The highest BCUT2D eigenvalue weighted by Crippen LogP contribution is 2.41. The van der Waals surface area contributed by atoms with Gasteiger partial charge in [-0.05, 0) is 48.6 Å². The zero-order valence-electron chi connectivity index (χ0n) is 17.1. The van der Waals surface area contributed by atoms with Crippen LogP contribution in [0.1, 0.15) is 59.1 Å². The number of rotatable bonds is 5. The van der Waals surface area contributed by atoms with Gasteiger partial charge < -0.3 is 24.0 Å². The van der Waals surface area contributed by atoms with E-state index in [2.05, 4.69) is 20.7 Å². The molecule has 3 aliphatic rings. The Balaban J connectivity index is 1.25. The topological polar surface area (TPSA) is 115 Å². The normalized spacial score (nSPS) is 23.3. The molecule has 1 saturated heterocycles. The van der Waals surface area contributed by atoms with Crippen LogP contribution in [0.4, 0.5) is 0 Å². The molecular weight excluding hydrogens is 388 g/mol. The first-order valence-corrected chi connectivity index (χ1v) is 10.6.